The molecule has 0 atom stereocenters. The Morgan fingerprint density at radius 1 is 1.20 bits per heavy atom. The van der Waals surface area contributed by atoms with Gasteiger partial charge in [-0.15, -0.1) is 0 Å². The Morgan fingerprint density at radius 3 is 2.87 bits per heavy atom. The third kappa shape index (κ3) is 3.96. The molecule has 0 saturated carbocycles. The van der Waals surface area contributed by atoms with Crippen molar-refractivity contribution in [2.24, 2.45) is 0 Å². The van der Waals surface area contributed by atoms with Crippen LogP contribution < -0.4 is 19.5 Å². The van der Waals surface area contributed by atoms with E-state index in [9.17, 15) is 4.79 Å². The quantitative estimate of drug-likeness (QED) is 0.651. The van der Waals surface area contributed by atoms with Crippen molar-refractivity contribution in [3.8, 4) is 28.5 Å². The van der Waals surface area contributed by atoms with Gasteiger partial charge in [-0.25, -0.2) is 0 Å². The van der Waals surface area contributed by atoms with Crippen molar-refractivity contribution in [1.29, 1.82) is 0 Å². The van der Waals surface area contributed by atoms with Crippen LogP contribution in [0.1, 0.15) is 16.7 Å². The molecule has 0 spiro atoms. The number of hydrogen-bond donors (Lipinski definition) is 1. The molecular formula is C23H25N3O4. The number of aryl methyl sites for hydroxylation is 1. The molecule has 0 saturated heterocycles. The monoisotopic (exact) mass is 407 g/mol. The first-order chi connectivity index (χ1) is 14.6. The van der Waals surface area contributed by atoms with Gasteiger partial charge in [-0.1, -0.05) is 17.7 Å². The van der Waals surface area contributed by atoms with E-state index in [1.807, 2.05) is 37.3 Å². The molecule has 1 aromatic heterocycles. The van der Waals surface area contributed by atoms with Crippen LogP contribution in [0.4, 0.5) is 0 Å². The summed E-state index contributed by atoms with van der Waals surface area (Å²) in [7, 11) is 3.25. The van der Waals surface area contributed by atoms with Crippen molar-refractivity contribution in [3.05, 3.63) is 59.3 Å². The fourth-order valence-corrected chi connectivity index (χ4v) is 3.66. The van der Waals surface area contributed by atoms with Gasteiger partial charge in [-0.05, 0) is 37.1 Å². The highest BCUT2D eigenvalue weighted by atomic mass is 16.5. The fourth-order valence-electron chi connectivity index (χ4n) is 3.66. The van der Waals surface area contributed by atoms with Gasteiger partial charge in [0.2, 0.25) is 5.91 Å². The number of benzene rings is 2. The van der Waals surface area contributed by atoms with Crippen LogP contribution in [0.15, 0.2) is 42.6 Å². The second-order valence-electron chi connectivity index (χ2n) is 7.24. The average Bonchev–Trinajstić information content (AvgIpc) is 3.17. The third-order valence-corrected chi connectivity index (χ3v) is 5.19. The predicted octanol–water partition coefficient (Wildman–Crippen LogP) is 3.13. The Labute approximate surface area is 175 Å². The molecule has 0 fully saturated rings. The van der Waals surface area contributed by atoms with Crippen molar-refractivity contribution in [1.82, 2.24) is 15.1 Å². The van der Waals surface area contributed by atoms with E-state index in [-0.39, 0.29) is 12.5 Å². The van der Waals surface area contributed by atoms with E-state index in [2.05, 4.69) is 16.5 Å². The van der Waals surface area contributed by atoms with Crippen molar-refractivity contribution in [2.75, 3.05) is 20.8 Å². The normalized spacial score (nSPS) is 11.8. The summed E-state index contributed by atoms with van der Waals surface area (Å²) < 4.78 is 18.2. The van der Waals surface area contributed by atoms with E-state index in [1.54, 1.807) is 25.1 Å². The standard InChI is InChI=1S/C23H25N3O4/c1-15-4-7-20-19(10-15)23-17(14-30-20)12-25-26(23)13-22(27)24-9-8-16-5-6-18(28-2)11-21(16)29-3/h4-7,10-12H,8-9,13-14H2,1-3H3,(H,24,27). The molecule has 1 amide bonds. The number of nitrogens with zero attached hydrogens (tertiary/aromatic N) is 2. The number of carbonyl (C=O) groups is 1. The van der Waals surface area contributed by atoms with Crippen molar-refractivity contribution < 1.29 is 19.0 Å². The Balaban J connectivity index is 1.41. The van der Waals surface area contributed by atoms with E-state index in [4.69, 9.17) is 14.2 Å². The van der Waals surface area contributed by atoms with Crippen LogP contribution in [0, 0.1) is 6.92 Å². The third-order valence-electron chi connectivity index (χ3n) is 5.19. The molecule has 0 unspecified atom stereocenters. The summed E-state index contributed by atoms with van der Waals surface area (Å²) in [6.07, 6.45) is 2.43. The molecule has 3 aromatic rings. The zero-order valence-electron chi connectivity index (χ0n) is 17.4. The molecule has 1 aliphatic rings. The van der Waals surface area contributed by atoms with Gasteiger partial charge >= 0.3 is 0 Å². The topological polar surface area (TPSA) is 74.6 Å². The summed E-state index contributed by atoms with van der Waals surface area (Å²) in [6.45, 7) is 3.16. The number of fused-ring (bicyclic) bond motifs is 3. The highest BCUT2D eigenvalue weighted by Crippen LogP contribution is 2.37. The van der Waals surface area contributed by atoms with Gasteiger partial charge in [0, 0.05) is 23.7 Å². The van der Waals surface area contributed by atoms with E-state index in [1.165, 1.54) is 0 Å². The highest BCUT2D eigenvalue weighted by molar-refractivity contribution is 5.78. The average molecular weight is 407 g/mol. The predicted molar refractivity (Wildman–Crippen MR) is 113 cm³/mol. The maximum Gasteiger partial charge on any atom is 0.241 e. The number of hydrogen-bond acceptors (Lipinski definition) is 5. The molecule has 0 bridgehead atoms. The van der Waals surface area contributed by atoms with Gasteiger partial charge in [0.15, 0.2) is 0 Å². The zero-order valence-corrected chi connectivity index (χ0v) is 17.4. The first-order valence-corrected chi connectivity index (χ1v) is 9.85. The molecule has 4 rings (SSSR count). The highest BCUT2D eigenvalue weighted by Gasteiger charge is 2.23. The minimum Gasteiger partial charge on any atom is -0.497 e. The van der Waals surface area contributed by atoms with Crippen LogP contribution >= 0.6 is 0 Å². The van der Waals surface area contributed by atoms with Gasteiger partial charge in [0.05, 0.1) is 26.1 Å². The van der Waals surface area contributed by atoms with Crippen LogP contribution in [0.3, 0.4) is 0 Å². The Kier molecular flexibility index (Phi) is 5.61. The van der Waals surface area contributed by atoms with Gasteiger partial charge < -0.3 is 19.5 Å². The zero-order chi connectivity index (χ0) is 21.1. The lowest BCUT2D eigenvalue weighted by atomic mass is 10.0. The maximum atomic E-state index is 12.6. The smallest absolute Gasteiger partial charge is 0.241 e. The molecule has 30 heavy (non-hydrogen) atoms. The van der Waals surface area contributed by atoms with Crippen molar-refractivity contribution in [2.45, 2.75) is 26.5 Å². The van der Waals surface area contributed by atoms with E-state index in [0.29, 0.717) is 19.6 Å². The lowest BCUT2D eigenvalue weighted by Gasteiger charge is -2.19. The molecule has 7 heteroatoms. The summed E-state index contributed by atoms with van der Waals surface area (Å²) in [6, 6.07) is 11.7. The van der Waals surface area contributed by atoms with Crippen molar-refractivity contribution >= 4 is 5.91 Å². The molecule has 2 heterocycles. The van der Waals surface area contributed by atoms with Gasteiger partial charge in [-0.3, -0.25) is 9.48 Å². The molecule has 7 nitrogen and oxygen atoms in total. The van der Waals surface area contributed by atoms with Gasteiger partial charge in [0.1, 0.15) is 30.4 Å². The lowest BCUT2D eigenvalue weighted by molar-refractivity contribution is -0.121. The van der Waals surface area contributed by atoms with E-state index >= 15 is 0 Å². The summed E-state index contributed by atoms with van der Waals surface area (Å²) in [5.74, 6) is 2.22. The maximum absolute atomic E-state index is 12.6. The minimum atomic E-state index is -0.0888. The fraction of sp³-hybridized carbons (Fsp3) is 0.304. The van der Waals surface area contributed by atoms with Crippen LogP contribution in [-0.2, 0) is 24.4 Å². The molecule has 1 aliphatic heterocycles. The first kappa shape index (κ1) is 19.8. The summed E-state index contributed by atoms with van der Waals surface area (Å²) in [5, 5.41) is 7.39. The number of rotatable bonds is 7. The summed E-state index contributed by atoms with van der Waals surface area (Å²) >= 11 is 0. The molecule has 0 radical (unpaired) electrons. The Bertz CT molecular complexity index is 1070. The first-order valence-electron chi connectivity index (χ1n) is 9.85. The van der Waals surface area contributed by atoms with Crippen molar-refractivity contribution in [3.63, 3.8) is 0 Å². The summed E-state index contributed by atoms with van der Waals surface area (Å²) in [5.41, 5.74) is 5.06. The van der Waals surface area contributed by atoms with Gasteiger partial charge in [0.25, 0.3) is 0 Å². The van der Waals surface area contributed by atoms with Crippen LogP contribution in [0.5, 0.6) is 17.2 Å². The van der Waals surface area contributed by atoms with E-state index < -0.39 is 0 Å². The molecule has 1 N–H and O–H groups in total. The van der Waals surface area contributed by atoms with Crippen LogP contribution in [0.25, 0.3) is 11.3 Å². The number of carbonyl (C=O) groups excluding carboxylic acids is 1. The lowest BCUT2D eigenvalue weighted by Crippen LogP contribution is -2.30. The molecule has 0 aliphatic carbocycles. The largest absolute Gasteiger partial charge is 0.497 e. The second-order valence-corrected chi connectivity index (χ2v) is 7.24. The number of methoxy groups -OCH3 is 2. The molecule has 2 aromatic carbocycles. The Hall–Kier alpha value is -3.48. The minimum absolute atomic E-state index is 0.0888. The van der Waals surface area contributed by atoms with Crippen LogP contribution in [0.2, 0.25) is 0 Å². The van der Waals surface area contributed by atoms with Crippen LogP contribution in [-0.4, -0.2) is 36.5 Å². The SMILES string of the molecule is COc1ccc(CCNC(=O)Cn2ncc3c2-c2cc(C)ccc2OC3)c(OC)c1. The van der Waals surface area contributed by atoms with Gasteiger partial charge in [-0.2, -0.15) is 5.10 Å². The molecular weight excluding hydrogens is 382 g/mol. The number of nitrogens with one attached hydrogen (secondary N) is 1. The summed E-state index contributed by atoms with van der Waals surface area (Å²) in [4.78, 5) is 12.6. The number of amides is 1. The molecule has 156 valence electrons. The number of ether oxygens (including phenoxy) is 3. The Morgan fingerprint density at radius 2 is 2.07 bits per heavy atom. The number of aromatic nitrogens is 2. The van der Waals surface area contributed by atoms with E-state index in [0.717, 1.165) is 45.2 Å². The second kappa shape index (κ2) is 8.49.